The Morgan fingerprint density at radius 1 is 1.40 bits per heavy atom. The van der Waals surface area contributed by atoms with Gasteiger partial charge in [0.2, 0.25) is 0 Å². The van der Waals surface area contributed by atoms with Crippen LogP contribution in [0.5, 0.6) is 0 Å². The Bertz CT molecular complexity index is 270. The fourth-order valence-electron chi connectivity index (χ4n) is 1.55. The molecule has 0 saturated carbocycles. The van der Waals surface area contributed by atoms with Crippen molar-refractivity contribution in [1.29, 1.82) is 0 Å². The minimum atomic E-state index is -0.689. The number of carbonyl (C=O) groups is 2. The van der Waals surface area contributed by atoms with E-state index in [2.05, 4.69) is 21.2 Å². The summed E-state index contributed by atoms with van der Waals surface area (Å²) in [5, 5.41) is 3.64. The van der Waals surface area contributed by atoms with Gasteiger partial charge in [0, 0.05) is 11.9 Å². The molecule has 1 fully saturated rings. The average molecular weight is 277 g/mol. The van der Waals surface area contributed by atoms with Gasteiger partial charge in [-0.15, -0.1) is 0 Å². The second-order valence-electron chi connectivity index (χ2n) is 3.97. The number of urea groups is 1. The van der Waals surface area contributed by atoms with E-state index in [4.69, 9.17) is 0 Å². The zero-order valence-electron chi connectivity index (χ0n) is 9.18. The Balaban J connectivity index is 2.59. The van der Waals surface area contributed by atoms with E-state index < -0.39 is 5.54 Å². The molecule has 1 heterocycles. The summed E-state index contributed by atoms with van der Waals surface area (Å²) in [6, 6.07) is -0.251. The largest absolute Gasteiger partial charge is 0.325 e. The number of nitrogens with one attached hydrogen (secondary N) is 1. The van der Waals surface area contributed by atoms with Crippen molar-refractivity contribution in [3.63, 3.8) is 0 Å². The summed E-state index contributed by atoms with van der Waals surface area (Å²) in [6.07, 6.45) is 2.45. The van der Waals surface area contributed by atoms with Gasteiger partial charge in [-0.2, -0.15) is 0 Å². The van der Waals surface area contributed by atoms with E-state index in [0.29, 0.717) is 13.0 Å². The van der Waals surface area contributed by atoms with Crippen LogP contribution >= 0.6 is 15.9 Å². The van der Waals surface area contributed by atoms with Crippen LogP contribution in [0.3, 0.4) is 0 Å². The first-order valence-corrected chi connectivity index (χ1v) is 6.37. The first-order chi connectivity index (χ1) is 7.05. The Morgan fingerprint density at radius 3 is 2.53 bits per heavy atom. The lowest BCUT2D eigenvalue weighted by Crippen LogP contribution is -2.43. The van der Waals surface area contributed by atoms with E-state index in [1.165, 1.54) is 4.90 Å². The molecular weight excluding hydrogens is 260 g/mol. The Kier molecular flexibility index (Phi) is 4.13. The number of carbonyl (C=O) groups excluding carboxylic acids is 2. The van der Waals surface area contributed by atoms with Crippen LogP contribution in [0.4, 0.5) is 4.79 Å². The topological polar surface area (TPSA) is 49.4 Å². The Hall–Kier alpha value is -0.580. The fourth-order valence-corrected chi connectivity index (χ4v) is 1.95. The van der Waals surface area contributed by atoms with Gasteiger partial charge in [-0.05, 0) is 26.2 Å². The van der Waals surface area contributed by atoms with Crippen molar-refractivity contribution in [2.24, 2.45) is 0 Å². The highest BCUT2D eigenvalue weighted by Gasteiger charge is 2.45. The molecular formula is C10H17BrN2O2. The number of halogens is 1. The minimum absolute atomic E-state index is 0.0930. The first-order valence-electron chi connectivity index (χ1n) is 5.25. The van der Waals surface area contributed by atoms with Gasteiger partial charge in [0.1, 0.15) is 5.54 Å². The molecule has 0 bridgehead atoms. The van der Waals surface area contributed by atoms with Gasteiger partial charge in [-0.3, -0.25) is 9.69 Å². The number of amides is 3. The lowest BCUT2D eigenvalue weighted by molar-refractivity contribution is -0.130. The van der Waals surface area contributed by atoms with Crippen molar-refractivity contribution in [1.82, 2.24) is 10.2 Å². The molecule has 0 aromatic carbocycles. The molecule has 15 heavy (non-hydrogen) atoms. The Labute approximate surface area is 98.5 Å². The van der Waals surface area contributed by atoms with Gasteiger partial charge >= 0.3 is 6.03 Å². The minimum Gasteiger partial charge on any atom is -0.323 e. The molecule has 1 aliphatic heterocycles. The van der Waals surface area contributed by atoms with Crippen molar-refractivity contribution >= 4 is 27.9 Å². The van der Waals surface area contributed by atoms with Gasteiger partial charge in [0.25, 0.3) is 5.91 Å². The first kappa shape index (κ1) is 12.5. The van der Waals surface area contributed by atoms with Crippen LogP contribution in [0.1, 0.15) is 33.1 Å². The molecule has 4 nitrogen and oxygen atoms in total. The maximum Gasteiger partial charge on any atom is 0.325 e. The number of hydrogen-bond donors (Lipinski definition) is 1. The lowest BCUT2D eigenvalue weighted by Gasteiger charge is -2.19. The van der Waals surface area contributed by atoms with E-state index >= 15 is 0 Å². The summed E-state index contributed by atoms with van der Waals surface area (Å²) in [5.41, 5.74) is -0.689. The molecule has 1 rings (SSSR count). The number of unbranched alkanes of at least 4 members (excludes halogenated alkanes) is 1. The molecule has 3 amide bonds. The molecule has 0 aromatic rings. The van der Waals surface area contributed by atoms with Gasteiger partial charge in [0.05, 0.1) is 0 Å². The normalized spacial score (nSPS) is 25.9. The molecule has 1 unspecified atom stereocenters. The Morgan fingerprint density at radius 2 is 2.07 bits per heavy atom. The molecule has 1 atom stereocenters. The van der Waals surface area contributed by atoms with Crippen LogP contribution in [0.2, 0.25) is 0 Å². The van der Waals surface area contributed by atoms with Crippen LogP contribution in [0, 0.1) is 0 Å². The summed E-state index contributed by atoms with van der Waals surface area (Å²) < 4.78 is 0. The van der Waals surface area contributed by atoms with E-state index in [1.54, 1.807) is 6.92 Å². The maximum absolute atomic E-state index is 11.9. The number of hydrogen-bond acceptors (Lipinski definition) is 2. The molecule has 0 aromatic heterocycles. The summed E-state index contributed by atoms with van der Waals surface area (Å²) in [4.78, 5) is 24.8. The van der Waals surface area contributed by atoms with Crippen molar-refractivity contribution < 1.29 is 9.59 Å². The van der Waals surface area contributed by atoms with E-state index in [-0.39, 0.29) is 11.9 Å². The highest BCUT2D eigenvalue weighted by Crippen LogP contribution is 2.20. The zero-order chi connectivity index (χ0) is 11.5. The lowest BCUT2D eigenvalue weighted by atomic mass is 9.99. The van der Waals surface area contributed by atoms with Crippen molar-refractivity contribution in [3.8, 4) is 0 Å². The standard InChI is InChI=1S/C10H17BrN2O2/c1-3-10(2)8(14)13(9(15)12-10)7-5-4-6-11/h3-7H2,1-2H3,(H,12,15). The van der Waals surface area contributed by atoms with Gasteiger partial charge < -0.3 is 5.32 Å². The molecule has 0 radical (unpaired) electrons. The van der Waals surface area contributed by atoms with Gasteiger partial charge in [-0.1, -0.05) is 22.9 Å². The molecule has 86 valence electrons. The van der Waals surface area contributed by atoms with Gasteiger partial charge in [0.15, 0.2) is 0 Å². The molecule has 1 aliphatic rings. The molecule has 5 heteroatoms. The summed E-state index contributed by atoms with van der Waals surface area (Å²) in [5.74, 6) is -0.0930. The van der Waals surface area contributed by atoms with Crippen molar-refractivity contribution in [2.75, 3.05) is 11.9 Å². The summed E-state index contributed by atoms with van der Waals surface area (Å²) in [7, 11) is 0. The fraction of sp³-hybridized carbons (Fsp3) is 0.800. The third kappa shape index (κ3) is 2.51. The van der Waals surface area contributed by atoms with E-state index in [0.717, 1.165) is 18.2 Å². The van der Waals surface area contributed by atoms with E-state index in [1.807, 2.05) is 6.92 Å². The predicted octanol–water partition coefficient (Wildman–Crippen LogP) is 1.88. The van der Waals surface area contributed by atoms with Crippen LogP contribution in [0.15, 0.2) is 0 Å². The van der Waals surface area contributed by atoms with Crippen molar-refractivity contribution in [2.45, 2.75) is 38.6 Å². The summed E-state index contributed by atoms with van der Waals surface area (Å²) >= 11 is 3.32. The third-order valence-electron chi connectivity index (χ3n) is 2.82. The van der Waals surface area contributed by atoms with Crippen molar-refractivity contribution in [3.05, 3.63) is 0 Å². The number of imide groups is 1. The molecule has 0 aliphatic carbocycles. The third-order valence-corrected chi connectivity index (χ3v) is 3.38. The quantitative estimate of drug-likeness (QED) is 0.474. The van der Waals surface area contributed by atoms with E-state index in [9.17, 15) is 9.59 Å². The molecule has 1 saturated heterocycles. The van der Waals surface area contributed by atoms with Crippen LogP contribution in [-0.4, -0.2) is 34.3 Å². The smallest absolute Gasteiger partial charge is 0.323 e. The van der Waals surface area contributed by atoms with Crippen LogP contribution < -0.4 is 5.32 Å². The van der Waals surface area contributed by atoms with Crippen LogP contribution in [0.25, 0.3) is 0 Å². The highest BCUT2D eigenvalue weighted by molar-refractivity contribution is 9.09. The number of rotatable bonds is 5. The SMILES string of the molecule is CCC1(C)NC(=O)N(CCCCBr)C1=O. The highest BCUT2D eigenvalue weighted by atomic mass is 79.9. The number of nitrogens with zero attached hydrogens (tertiary/aromatic N) is 1. The second kappa shape index (κ2) is 4.96. The maximum atomic E-state index is 11.9. The summed E-state index contributed by atoms with van der Waals surface area (Å²) in [6.45, 7) is 4.20. The molecule has 1 N–H and O–H groups in total. The number of alkyl halides is 1. The van der Waals surface area contributed by atoms with Gasteiger partial charge in [-0.25, -0.2) is 4.79 Å². The zero-order valence-corrected chi connectivity index (χ0v) is 10.8. The monoisotopic (exact) mass is 276 g/mol. The average Bonchev–Trinajstić information content (AvgIpc) is 2.42. The molecule has 0 spiro atoms. The second-order valence-corrected chi connectivity index (χ2v) is 4.76. The predicted molar refractivity (Wildman–Crippen MR) is 62.0 cm³/mol. The van der Waals surface area contributed by atoms with Crippen LogP contribution in [-0.2, 0) is 4.79 Å².